The molecule has 2 aromatic carbocycles. The Bertz CT molecular complexity index is 684. The first kappa shape index (κ1) is 14.0. The quantitative estimate of drug-likeness (QED) is 0.885. The van der Waals surface area contributed by atoms with Crippen LogP contribution in [0.3, 0.4) is 0 Å². The van der Waals surface area contributed by atoms with Crippen LogP contribution in [0.15, 0.2) is 42.5 Å². The zero-order valence-electron chi connectivity index (χ0n) is 11.5. The highest BCUT2D eigenvalue weighted by Crippen LogP contribution is 2.30. The van der Waals surface area contributed by atoms with Gasteiger partial charge in [0.25, 0.3) is 5.91 Å². The molecule has 2 aromatic rings. The summed E-state index contributed by atoms with van der Waals surface area (Å²) in [6.45, 7) is 0. The largest absolute Gasteiger partial charge is 0.506 e. The maximum absolute atomic E-state index is 12.3. The van der Waals surface area contributed by atoms with Crippen LogP contribution in [0.25, 0.3) is 0 Å². The van der Waals surface area contributed by atoms with Gasteiger partial charge in [0.15, 0.2) is 0 Å². The van der Waals surface area contributed by atoms with Gasteiger partial charge in [-0.2, -0.15) is 0 Å². The number of amides is 1. The van der Waals surface area contributed by atoms with Gasteiger partial charge in [0.2, 0.25) is 0 Å². The van der Waals surface area contributed by atoms with E-state index < -0.39 is 0 Å². The van der Waals surface area contributed by atoms with Gasteiger partial charge in [-0.15, -0.1) is 0 Å². The minimum absolute atomic E-state index is 0.0174. The number of nitrogens with one attached hydrogen (secondary N) is 1. The summed E-state index contributed by atoms with van der Waals surface area (Å²) < 4.78 is 0. The molecule has 0 aliphatic heterocycles. The molecule has 1 unspecified atom stereocenters. The number of halogens is 1. The molecule has 0 aromatic heterocycles. The van der Waals surface area contributed by atoms with Crippen LogP contribution in [0, 0.1) is 0 Å². The fraction of sp³-hybridized carbons (Fsp3) is 0.235. The fourth-order valence-electron chi connectivity index (χ4n) is 2.79. The molecule has 0 bridgehead atoms. The van der Waals surface area contributed by atoms with Crippen molar-refractivity contribution < 1.29 is 9.90 Å². The van der Waals surface area contributed by atoms with Crippen molar-refractivity contribution >= 4 is 17.5 Å². The highest BCUT2D eigenvalue weighted by atomic mass is 35.5. The predicted octanol–water partition coefficient (Wildman–Crippen LogP) is 3.85. The zero-order chi connectivity index (χ0) is 14.8. The summed E-state index contributed by atoms with van der Waals surface area (Å²) in [5.41, 5.74) is 2.96. The van der Waals surface area contributed by atoms with E-state index in [0.717, 1.165) is 19.3 Å². The number of fused-ring (bicyclic) bond motifs is 1. The molecular weight excluding hydrogens is 286 g/mol. The minimum Gasteiger partial charge on any atom is -0.506 e. The summed E-state index contributed by atoms with van der Waals surface area (Å²) in [5, 5.41) is 12.7. The molecule has 3 nitrogen and oxygen atoms in total. The van der Waals surface area contributed by atoms with Crippen molar-refractivity contribution in [2.75, 3.05) is 0 Å². The normalized spacial score (nSPS) is 17.1. The minimum atomic E-state index is -0.168. The average Bonchev–Trinajstić information content (AvgIpc) is 2.50. The van der Waals surface area contributed by atoms with Crippen LogP contribution in [0.5, 0.6) is 5.75 Å². The van der Waals surface area contributed by atoms with Gasteiger partial charge in [-0.3, -0.25) is 4.79 Å². The Morgan fingerprint density at radius 3 is 2.86 bits per heavy atom. The number of carbonyl (C=O) groups excluding carboxylic acids is 1. The van der Waals surface area contributed by atoms with Crippen LogP contribution in [0.1, 0.15) is 40.4 Å². The molecule has 108 valence electrons. The first-order valence-electron chi connectivity index (χ1n) is 7.02. The second-order valence-corrected chi connectivity index (χ2v) is 5.69. The molecule has 0 spiro atoms. The number of phenolic OH excluding ortho intramolecular Hbond substituents is 1. The smallest absolute Gasteiger partial charge is 0.251 e. The molecule has 4 heteroatoms. The van der Waals surface area contributed by atoms with Crippen molar-refractivity contribution in [1.82, 2.24) is 5.32 Å². The Hall–Kier alpha value is -2.00. The molecule has 0 radical (unpaired) electrons. The summed E-state index contributed by atoms with van der Waals surface area (Å²) in [6, 6.07) is 12.8. The van der Waals surface area contributed by atoms with E-state index in [-0.39, 0.29) is 22.7 Å². The van der Waals surface area contributed by atoms with Crippen molar-refractivity contribution in [3.05, 3.63) is 64.2 Å². The Morgan fingerprint density at radius 2 is 2.05 bits per heavy atom. The van der Waals surface area contributed by atoms with Crippen LogP contribution >= 0.6 is 11.6 Å². The third kappa shape index (κ3) is 2.88. The van der Waals surface area contributed by atoms with E-state index in [9.17, 15) is 9.90 Å². The molecule has 21 heavy (non-hydrogen) atoms. The number of hydrogen-bond donors (Lipinski definition) is 2. The second-order valence-electron chi connectivity index (χ2n) is 5.28. The summed E-state index contributed by atoms with van der Waals surface area (Å²) >= 11 is 5.85. The third-order valence-electron chi connectivity index (χ3n) is 3.88. The molecular formula is C17H16ClNO2. The van der Waals surface area contributed by atoms with Crippen LogP contribution in [-0.2, 0) is 6.42 Å². The van der Waals surface area contributed by atoms with Gasteiger partial charge in [-0.25, -0.2) is 0 Å². The van der Waals surface area contributed by atoms with Gasteiger partial charge in [-0.1, -0.05) is 35.9 Å². The van der Waals surface area contributed by atoms with Crippen molar-refractivity contribution in [2.24, 2.45) is 0 Å². The number of aryl methyl sites for hydroxylation is 1. The molecule has 1 aliphatic rings. The van der Waals surface area contributed by atoms with Crippen molar-refractivity contribution in [3.63, 3.8) is 0 Å². The Balaban J connectivity index is 1.81. The lowest BCUT2D eigenvalue weighted by Gasteiger charge is -2.26. The van der Waals surface area contributed by atoms with Gasteiger partial charge in [0.1, 0.15) is 5.75 Å². The number of aromatic hydroxyl groups is 1. The van der Waals surface area contributed by atoms with Gasteiger partial charge >= 0.3 is 0 Å². The molecule has 1 aliphatic carbocycles. The number of hydrogen-bond acceptors (Lipinski definition) is 2. The molecule has 0 saturated carbocycles. The second kappa shape index (κ2) is 5.78. The summed E-state index contributed by atoms with van der Waals surface area (Å²) in [6.07, 6.45) is 3.07. The average molecular weight is 302 g/mol. The maximum atomic E-state index is 12.3. The highest BCUT2D eigenvalue weighted by molar-refractivity contribution is 6.32. The lowest BCUT2D eigenvalue weighted by Crippen LogP contribution is -2.30. The number of carbonyl (C=O) groups is 1. The van der Waals surface area contributed by atoms with Crippen LogP contribution in [-0.4, -0.2) is 11.0 Å². The SMILES string of the molecule is O=C(NC1CCCc2ccccc21)c1ccc(O)c(Cl)c1. The Labute approximate surface area is 128 Å². The van der Waals surface area contributed by atoms with E-state index in [0.29, 0.717) is 5.56 Å². The van der Waals surface area contributed by atoms with E-state index in [2.05, 4.69) is 17.4 Å². The molecule has 0 saturated heterocycles. The highest BCUT2D eigenvalue weighted by Gasteiger charge is 2.22. The van der Waals surface area contributed by atoms with Gasteiger partial charge in [-0.05, 0) is 48.6 Å². The van der Waals surface area contributed by atoms with Gasteiger partial charge in [0, 0.05) is 5.56 Å². The van der Waals surface area contributed by atoms with E-state index >= 15 is 0 Å². The topological polar surface area (TPSA) is 49.3 Å². The number of rotatable bonds is 2. The van der Waals surface area contributed by atoms with Crippen LogP contribution in [0.2, 0.25) is 5.02 Å². The Morgan fingerprint density at radius 1 is 1.24 bits per heavy atom. The summed E-state index contributed by atoms with van der Waals surface area (Å²) in [4.78, 5) is 12.3. The molecule has 0 heterocycles. The third-order valence-corrected chi connectivity index (χ3v) is 4.19. The summed E-state index contributed by atoms with van der Waals surface area (Å²) in [5.74, 6) is -0.185. The maximum Gasteiger partial charge on any atom is 0.251 e. The summed E-state index contributed by atoms with van der Waals surface area (Å²) in [7, 11) is 0. The van der Waals surface area contributed by atoms with Crippen LogP contribution < -0.4 is 5.32 Å². The van der Waals surface area contributed by atoms with Crippen molar-refractivity contribution in [2.45, 2.75) is 25.3 Å². The molecule has 0 fully saturated rings. The molecule has 2 N–H and O–H groups in total. The molecule has 1 amide bonds. The van der Waals surface area contributed by atoms with E-state index in [1.54, 1.807) is 6.07 Å². The predicted molar refractivity (Wildman–Crippen MR) is 82.7 cm³/mol. The number of phenols is 1. The lowest BCUT2D eigenvalue weighted by molar-refractivity contribution is 0.0933. The van der Waals surface area contributed by atoms with Crippen molar-refractivity contribution in [1.29, 1.82) is 0 Å². The first-order valence-corrected chi connectivity index (χ1v) is 7.40. The first-order chi connectivity index (χ1) is 10.1. The molecule has 1 atom stereocenters. The van der Waals surface area contributed by atoms with E-state index in [1.807, 2.05) is 12.1 Å². The van der Waals surface area contributed by atoms with E-state index in [1.165, 1.54) is 23.3 Å². The standard InChI is InChI=1S/C17H16ClNO2/c18-14-10-12(8-9-16(14)20)17(21)19-15-7-3-5-11-4-1-2-6-13(11)15/h1-2,4,6,8-10,15,20H,3,5,7H2,(H,19,21). The van der Waals surface area contributed by atoms with Crippen LogP contribution in [0.4, 0.5) is 0 Å². The van der Waals surface area contributed by atoms with Gasteiger partial charge in [0.05, 0.1) is 11.1 Å². The zero-order valence-corrected chi connectivity index (χ0v) is 12.2. The van der Waals surface area contributed by atoms with E-state index in [4.69, 9.17) is 11.6 Å². The monoisotopic (exact) mass is 301 g/mol. The lowest BCUT2D eigenvalue weighted by atomic mass is 9.87. The van der Waals surface area contributed by atoms with Crippen molar-refractivity contribution in [3.8, 4) is 5.75 Å². The Kier molecular flexibility index (Phi) is 3.84. The molecule has 3 rings (SSSR count). The number of benzene rings is 2. The van der Waals surface area contributed by atoms with Gasteiger partial charge < -0.3 is 10.4 Å². The fourth-order valence-corrected chi connectivity index (χ4v) is 2.97.